The van der Waals surface area contributed by atoms with Crippen molar-refractivity contribution in [2.24, 2.45) is 0 Å². The van der Waals surface area contributed by atoms with Gasteiger partial charge in [-0.15, -0.1) is 0 Å². The average Bonchev–Trinajstić information content (AvgIpc) is 2.90. The van der Waals surface area contributed by atoms with E-state index in [0.29, 0.717) is 19.4 Å². The van der Waals surface area contributed by atoms with Gasteiger partial charge in [0.2, 0.25) is 5.91 Å². The van der Waals surface area contributed by atoms with Gasteiger partial charge in [-0.2, -0.15) is 0 Å². The highest BCUT2D eigenvalue weighted by atomic mass is 16.2. The van der Waals surface area contributed by atoms with Crippen LogP contribution in [0, 0.1) is 6.92 Å². The first-order valence-corrected chi connectivity index (χ1v) is 9.38. The Bertz CT molecular complexity index is 864. The summed E-state index contributed by atoms with van der Waals surface area (Å²) in [6.07, 6.45) is 1.14. The Hall–Kier alpha value is -3.15. The monoisotopic (exact) mass is 379 g/mol. The number of carbonyl (C=O) groups is 3. The molecule has 1 heterocycles. The summed E-state index contributed by atoms with van der Waals surface area (Å²) >= 11 is 0. The maximum atomic E-state index is 12.8. The van der Waals surface area contributed by atoms with Gasteiger partial charge in [-0.1, -0.05) is 60.2 Å². The highest BCUT2D eigenvalue weighted by Gasteiger charge is 2.47. The zero-order chi connectivity index (χ0) is 20.1. The number of urea groups is 1. The van der Waals surface area contributed by atoms with Gasteiger partial charge in [-0.25, -0.2) is 4.79 Å². The number of carbonyl (C=O) groups excluding carboxylic acids is 3. The Balaban J connectivity index is 1.55. The Morgan fingerprint density at radius 1 is 1.04 bits per heavy atom. The zero-order valence-electron chi connectivity index (χ0n) is 16.2. The van der Waals surface area contributed by atoms with Gasteiger partial charge in [0.25, 0.3) is 5.91 Å². The van der Waals surface area contributed by atoms with E-state index in [-0.39, 0.29) is 18.4 Å². The van der Waals surface area contributed by atoms with Crippen LogP contribution in [0.2, 0.25) is 0 Å². The molecule has 0 spiro atoms. The minimum absolute atomic E-state index is 0.280. The number of nitrogens with one attached hydrogen (secondary N) is 2. The van der Waals surface area contributed by atoms with Crippen LogP contribution in [0.15, 0.2) is 54.6 Å². The van der Waals surface area contributed by atoms with E-state index in [0.717, 1.165) is 21.6 Å². The van der Waals surface area contributed by atoms with Crippen LogP contribution in [0.4, 0.5) is 4.79 Å². The summed E-state index contributed by atoms with van der Waals surface area (Å²) in [4.78, 5) is 38.3. The van der Waals surface area contributed by atoms with Crippen LogP contribution < -0.4 is 10.6 Å². The SMILES string of the molecule is Cc1ccc(CNC(=O)CN2C(=O)N[C@@](C)(CCc3ccccc3)C2=O)cc1. The fraction of sp³-hybridized carbons (Fsp3) is 0.318. The third-order valence-electron chi connectivity index (χ3n) is 5.01. The van der Waals surface area contributed by atoms with Crippen LogP contribution in [-0.2, 0) is 22.6 Å². The average molecular weight is 379 g/mol. The normalized spacial score (nSPS) is 18.9. The number of hydrogen-bond acceptors (Lipinski definition) is 3. The summed E-state index contributed by atoms with van der Waals surface area (Å²) in [5.74, 6) is -0.727. The molecule has 0 saturated carbocycles. The number of imide groups is 1. The molecule has 1 fully saturated rings. The molecular weight excluding hydrogens is 354 g/mol. The lowest BCUT2D eigenvalue weighted by molar-refractivity contribution is -0.134. The lowest BCUT2D eigenvalue weighted by atomic mass is 9.93. The summed E-state index contributed by atoms with van der Waals surface area (Å²) in [7, 11) is 0. The Labute approximate surface area is 164 Å². The van der Waals surface area contributed by atoms with E-state index in [1.807, 2.05) is 61.5 Å². The molecule has 4 amide bonds. The number of amides is 4. The minimum Gasteiger partial charge on any atom is -0.350 e. The van der Waals surface area contributed by atoms with Gasteiger partial charge in [0, 0.05) is 6.54 Å². The van der Waals surface area contributed by atoms with Crippen LogP contribution >= 0.6 is 0 Å². The van der Waals surface area contributed by atoms with Gasteiger partial charge < -0.3 is 10.6 Å². The van der Waals surface area contributed by atoms with E-state index in [2.05, 4.69) is 10.6 Å². The molecule has 0 aromatic heterocycles. The molecule has 3 rings (SSSR count). The molecule has 2 aromatic carbocycles. The lowest BCUT2D eigenvalue weighted by Gasteiger charge is -2.21. The standard InChI is InChI=1S/C22H25N3O3/c1-16-8-10-18(11-9-16)14-23-19(26)15-25-20(27)22(2,24-21(25)28)13-12-17-6-4-3-5-7-17/h3-11H,12-15H2,1-2H3,(H,23,26)(H,24,28)/t22-/m0/s1. The third-order valence-corrected chi connectivity index (χ3v) is 5.01. The first kappa shape index (κ1) is 19.6. The van der Waals surface area contributed by atoms with Crippen molar-refractivity contribution in [3.05, 3.63) is 71.3 Å². The molecular formula is C22H25N3O3. The predicted octanol–water partition coefficient (Wildman–Crippen LogP) is 2.55. The van der Waals surface area contributed by atoms with Crippen LogP contribution in [0.25, 0.3) is 0 Å². The first-order valence-electron chi connectivity index (χ1n) is 9.38. The minimum atomic E-state index is -0.996. The summed E-state index contributed by atoms with van der Waals surface area (Å²) < 4.78 is 0. The Kier molecular flexibility index (Phi) is 5.78. The van der Waals surface area contributed by atoms with Crippen LogP contribution in [0.5, 0.6) is 0 Å². The van der Waals surface area contributed by atoms with E-state index in [4.69, 9.17) is 0 Å². The van der Waals surface area contributed by atoms with E-state index in [1.54, 1.807) is 6.92 Å². The topological polar surface area (TPSA) is 78.5 Å². The smallest absolute Gasteiger partial charge is 0.325 e. The summed E-state index contributed by atoms with van der Waals surface area (Å²) in [6, 6.07) is 17.1. The molecule has 0 bridgehead atoms. The van der Waals surface area contributed by atoms with Crippen molar-refractivity contribution in [3.8, 4) is 0 Å². The molecule has 6 nitrogen and oxygen atoms in total. The molecule has 1 saturated heterocycles. The van der Waals surface area contributed by atoms with Crippen LogP contribution in [0.3, 0.4) is 0 Å². The second-order valence-corrected chi connectivity index (χ2v) is 7.40. The molecule has 1 atom stereocenters. The molecule has 1 aliphatic rings. The van der Waals surface area contributed by atoms with Crippen LogP contribution in [-0.4, -0.2) is 34.8 Å². The van der Waals surface area contributed by atoms with E-state index in [9.17, 15) is 14.4 Å². The fourth-order valence-corrected chi connectivity index (χ4v) is 3.21. The third kappa shape index (κ3) is 4.57. The maximum absolute atomic E-state index is 12.8. The van der Waals surface area contributed by atoms with Crippen molar-refractivity contribution < 1.29 is 14.4 Å². The van der Waals surface area contributed by atoms with E-state index in [1.165, 1.54) is 0 Å². The fourth-order valence-electron chi connectivity index (χ4n) is 3.21. The molecule has 2 N–H and O–H groups in total. The predicted molar refractivity (Wildman–Crippen MR) is 106 cm³/mol. The first-order chi connectivity index (χ1) is 13.4. The summed E-state index contributed by atoms with van der Waals surface area (Å²) in [6.45, 7) is 3.78. The molecule has 146 valence electrons. The van der Waals surface area contributed by atoms with Gasteiger partial charge in [0.15, 0.2) is 0 Å². The molecule has 6 heteroatoms. The van der Waals surface area contributed by atoms with Crippen LogP contribution in [0.1, 0.15) is 30.0 Å². The van der Waals surface area contributed by atoms with Crippen molar-refractivity contribution in [1.82, 2.24) is 15.5 Å². The summed E-state index contributed by atoms with van der Waals surface area (Å²) in [5.41, 5.74) is 2.21. The van der Waals surface area contributed by atoms with E-state index < -0.39 is 11.6 Å². The van der Waals surface area contributed by atoms with Gasteiger partial charge >= 0.3 is 6.03 Å². The highest BCUT2D eigenvalue weighted by molar-refractivity contribution is 6.08. The highest BCUT2D eigenvalue weighted by Crippen LogP contribution is 2.23. The van der Waals surface area contributed by atoms with Crippen molar-refractivity contribution in [2.75, 3.05) is 6.54 Å². The number of hydrogen-bond donors (Lipinski definition) is 2. The lowest BCUT2D eigenvalue weighted by Crippen LogP contribution is -2.45. The second kappa shape index (κ2) is 8.25. The molecule has 1 aliphatic heterocycles. The van der Waals surface area contributed by atoms with Crippen molar-refractivity contribution in [2.45, 2.75) is 38.8 Å². The van der Waals surface area contributed by atoms with Crippen molar-refractivity contribution in [3.63, 3.8) is 0 Å². The second-order valence-electron chi connectivity index (χ2n) is 7.40. The zero-order valence-corrected chi connectivity index (χ0v) is 16.2. The largest absolute Gasteiger partial charge is 0.350 e. The molecule has 28 heavy (non-hydrogen) atoms. The maximum Gasteiger partial charge on any atom is 0.325 e. The van der Waals surface area contributed by atoms with Gasteiger partial charge in [0.05, 0.1) is 0 Å². The number of rotatable bonds is 7. The Morgan fingerprint density at radius 3 is 2.39 bits per heavy atom. The molecule has 2 aromatic rings. The number of nitrogens with zero attached hydrogens (tertiary/aromatic N) is 1. The molecule has 0 radical (unpaired) electrons. The van der Waals surface area contributed by atoms with Crippen molar-refractivity contribution in [1.29, 1.82) is 0 Å². The Morgan fingerprint density at radius 2 is 1.71 bits per heavy atom. The summed E-state index contributed by atoms with van der Waals surface area (Å²) in [5, 5.41) is 5.50. The van der Waals surface area contributed by atoms with Gasteiger partial charge in [-0.3, -0.25) is 14.5 Å². The number of benzene rings is 2. The van der Waals surface area contributed by atoms with Gasteiger partial charge in [0.1, 0.15) is 12.1 Å². The quantitative estimate of drug-likeness (QED) is 0.726. The van der Waals surface area contributed by atoms with Crippen molar-refractivity contribution >= 4 is 17.8 Å². The molecule has 0 unspecified atom stereocenters. The molecule has 0 aliphatic carbocycles. The number of aryl methyl sites for hydroxylation is 2. The van der Waals surface area contributed by atoms with E-state index >= 15 is 0 Å². The van der Waals surface area contributed by atoms with Gasteiger partial charge in [-0.05, 0) is 37.8 Å².